The van der Waals surface area contributed by atoms with Gasteiger partial charge in [0.15, 0.2) is 0 Å². The smallest absolute Gasteiger partial charge is 0.307 e. The normalized spacial score (nSPS) is 10.1. The third kappa shape index (κ3) is 3.74. The Hall–Kier alpha value is -1.21. The van der Waals surface area contributed by atoms with Gasteiger partial charge in [0.25, 0.3) is 0 Å². The van der Waals surface area contributed by atoms with Crippen molar-refractivity contribution in [2.75, 3.05) is 13.6 Å². The first-order valence-electron chi connectivity index (χ1n) is 4.67. The number of nitrogens with zero attached hydrogens (tertiary/aromatic N) is 2. The molecular formula is C9H13N3O2S2. The summed E-state index contributed by atoms with van der Waals surface area (Å²) >= 11 is 5.80. The second-order valence-corrected chi connectivity index (χ2v) is 4.71. The van der Waals surface area contributed by atoms with Gasteiger partial charge in [0.2, 0.25) is 5.91 Å². The average Bonchev–Trinajstić information content (AvgIpc) is 2.60. The molecule has 2 N–H and O–H groups in total. The zero-order chi connectivity index (χ0) is 12.1. The molecule has 0 saturated carbocycles. The number of likely N-dealkylation sites (N-methyl/N-ethyl adjacent to an activating group) is 1. The average molecular weight is 259 g/mol. The second-order valence-electron chi connectivity index (χ2n) is 3.33. The van der Waals surface area contributed by atoms with E-state index in [0.29, 0.717) is 18.0 Å². The Kier molecular flexibility index (Phi) is 4.63. The molecule has 0 saturated heterocycles. The predicted molar refractivity (Wildman–Crippen MR) is 67.6 cm³/mol. The maximum Gasteiger partial charge on any atom is 0.307 e. The number of carbonyl (C=O) groups excluding carboxylic acids is 1. The Labute approximate surface area is 102 Å². The van der Waals surface area contributed by atoms with Crippen LogP contribution in [0.2, 0.25) is 0 Å². The molecule has 0 radical (unpaired) electrons. The van der Waals surface area contributed by atoms with Crippen LogP contribution in [0, 0.1) is 0 Å². The highest BCUT2D eigenvalue weighted by atomic mass is 32.1. The van der Waals surface area contributed by atoms with Crippen molar-refractivity contribution < 1.29 is 4.79 Å². The minimum atomic E-state index is -0.129. The molecular weight excluding hydrogens is 246 g/mol. The lowest BCUT2D eigenvalue weighted by molar-refractivity contribution is -0.130. The molecule has 5 nitrogen and oxygen atoms in total. The van der Waals surface area contributed by atoms with E-state index < -0.39 is 0 Å². The Balaban J connectivity index is 2.49. The Morgan fingerprint density at radius 2 is 2.38 bits per heavy atom. The summed E-state index contributed by atoms with van der Waals surface area (Å²) in [4.78, 5) is 24.6. The third-order valence-electron chi connectivity index (χ3n) is 2.07. The monoisotopic (exact) mass is 259 g/mol. The molecule has 0 unspecified atom stereocenters. The molecule has 1 amide bonds. The standard InChI is InChI=1S/C9H13N3O2S2/c1-11(3-2-7(10)15)8(13)6-12-4-5-16-9(12)14/h4-5H,2-3,6H2,1H3,(H2,10,15). The molecule has 16 heavy (non-hydrogen) atoms. The molecule has 1 rings (SSSR count). The van der Waals surface area contributed by atoms with Crippen LogP contribution in [0.1, 0.15) is 6.42 Å². The number of hydrogen-bond acceptors (Lipinski definition) is 4. The van der Waals surface area contributed by atoms with E-state index in [-0.39, 0.29) is 17.3 Å². The number of rotatable bonds is 5. The summed E-state index contributed by atoms with van der Waals surface area (Å²) in [6.07, 6.45) is 2.10. The lowest BCUT2D eigenvalue weighted by atomic mass is 10.4. The predicted octanol–water partition coefficient (Wildman–Crippen LogP) is 0.0444. The zero-order valence-corrected chi connectivity index (χ0v) is 10.5. The maximum absolute atomic E-state index is 11.7. The van der Waals surface area contributed by atoms with E-state index in [1.165, 1.54) is 9.47 Å². The van der Waals surface area contributed by atoms with E-state index in [0.717, 1.165) is 11.3 Å². The van der Waals surface area contributed by atoms with Crippen molar-refractivity contribution in [3.8, 4) is 0 Å². The highest BCUT2D eigenvalue weighted by molar-refractivity contribution is 7.80. The van der Waals surface area contributed by atoms with Crippen molar-refractivity contribution in [2.24, 2.45) is 5.73 Å². The van der Waals surface area contributed by atoms with Gasteiger partial charge < -0.3 is 10.6 Å². The second kappa shape index (κ2) is 5.76. The number of aromatic nitrogens is 1. The molecule has 1 heterocycles. The quantitative estimate of drug-likeness (QED) is 0.758. The molecule has 0 aliphatic heterocycles. The molecule has 1 aromatic rings. The zero-order valence-electron chi connectivity index (χ0n) is 8.88. The van der Waals surface area contributed by atoms with Crippen LogP contribution in [-0.2, 0) is 11.3 Å². The van der Waals surface area contributed by atoms with Crippen LogP contribution in [0.15, 0.2) is 16.4 Å². The lowest BCUT2D eigenvalue weighted by Crippen LogP contribution is -2.34. The van der Waals surface area contributed by atoms with E-state index in [1.807, 2.05) is 0 Å². The van der Waals surface area contributed by atoms with Crippen molar-refractivity contribution in [2.45, 2.75) is 13.0 Å². The number of thiazole rings is 1. The molecule has 1 aromatic heterocycles. The molecule has 0 fully saturated rings. The van der Waals surface area contributed by atoms with Gasteiger partial charge in [-0.05, 0) is 0 Å². The summed E-state index contributed by atoms with van der Waals surface area (Å²) < 4.78 is 1.38. The van der Waals surface area contributed by atoms with Gasteiger partial charge in [0.1, 0.15) is 6.54 Å². The number of carbonyl (C=O) groups is 1. The summed E-state index contributed by atoms with van der Waals surface area (Å²) in [6.45, 7) is 0.545. The molecule has 7 heteroatoms. The summed E-state index contributed by atoms with van der Waals surface area (Å²) in [5, 5.41) is 1.66. The SMILES string of the molecule is CN(CCC(N)=S)C(=O)Cn1ccsc1=O. The molecule has 0 aliphatic carbocycles. The highest BCUT2D eigenvalue weighted by Crippen LogP contribution is 1.94. The third-order valence-corrected chi connectivity index (χ3v) is 2.97. The van der Waals surface area contributed by atoms with Crippen molar-refractivity contribution in [1.82, 2.24) is 9.47 Å². The van der Waals surface area contributed by atoms with Gasteiger partial charge in [-0.2, -0.15) is 0 Å². The van der Waals surface area contributed by atoms with Crippen LogP contribution in [0.5, 0.6) is 0 Å². The fourth-order valence-corrected chi connectivity index (χ4v) is 1.75. The van der Waals surface area contributed by atoms with E-state index in [1.54, 1.807) is 18.6 Å². The van der Waals surface area contributed by atoms with Crippen molar-refractivity contribution >= 4 is 34.5 Å². The molecule has 88 valence electrons. The van der Waals surface area contributed by atoms with E-state index in [2.05, 4.69) is 0 Å². The van der Waals surface area contributed by atoms with Gasteiger partial charge in [0, 0.05) is 31.6 Å². The first-order chi connectivity index (χ1) is 7.50. The molecule has 0 aromatic carbocycles. The van der Waals surface area contributed by atoms with Crippen LogP contribution in [0.3, 0.4) is 0 Å². The van der Waals surface area contributed by atoms with Gasteiger partial charge in [-0.25, -0.2) is 0 Å². The lowest BCUT2D eigenvalue weighted by Gasteiger charge is -2.16. The van der Waals surface area contributed by atoms with E-state index in [9.17, 15) is 9.59 Å². The van der Waals surface area contributed by atoms with Crippen molar-refractivity contribution in [3.05, 3.63) is 21.2 Å². The largest absolute Gasteiger partial charge is 0.393 e. The minimum absolute atomic E-state index is 0.0656. The van der Waals surface area contributed by atoms with Crippen molar-refractivity contribution in [1.29, 1.82) is 0 Å². The first-order valence-corrected chi connectivity index (χ1v) is 5.95. The van der Waals surface area contributed by atoms with Crippen LogP contribution in [0.4, 0.5) is 0 Å². The van der Waals surface area contributed by atoms with Gasteiger partial charge >= 0.3 is 4.87 Å². The van der Waals surface area contributed by atoms with Gasteiger partial charge in [-0.3, -0.25) is 14.2 Å². The highest BCUT2D eigenvalue weighted by Gasteiger charge is 2.10. The summed E-state index contributed by atoms with van der Waals surface area (Å²) in [6, 6.07) is 0. The Morgan fingerprint density at radius 1 is 1.69 bits per heavy atom. The van der Waals surface area contributed by atoms with Crippen LogP contribution in [0.25, 0.3) is 0 Å². The number of thiocarbonyl (C=S) groups is 1. The van der Waals surface area contributed by atoms with Crippen LogP contribution in [-0.4, -0.2) is 34.0 Å². The van der Waals surface area contributed by atoms with Crippen molar-refractivity contribution in [3.63, 3.8) is 0 Å². The molecule has 0 spiro atoms. The number of amides is 1. The van der Waals surface area contributed by atoms with Crippen LogP contribution >= 0.6 is 23.6 Å². The molecule has 0 atom stereocenters. The van der Waals surface area contributed by atoms with Crippen LogP contribution < -0.4 is 10.6 Å². The summed E-state index contributed by atoms with van der Waals surface area (Å²) in [5.74, 6) is -0.128. The van der Waals surface area contributed by atoms with E-state index >= 15 is 0 Å². The molecule has 0 aliphatic rings. The van der Waals surface area contributed by atoms with Gasteiger partial charge in [-0.1, -0.05) is 23.6 Å². The van der Waals surface area contributed by atoms with Gasteiger partial charge in [-0.15, -0.1) is 0 Å². The topological polar surface area (TPSA) is 68.3 Å². The number of nitrogens with two attached hydrogens (primary N) is 1. The fourth-order valence-electron chi connectivity index (χ4n) is 1.08. The summed E-state index contributed by atoms with van der Waals surface area (Å²) in [7, 11) is 1.66. The number of hydrogen-bond donors (Lipinski definition) is 1. The first kappa shape index (κ1) is 12.9. The Bertz CT molecular complexity index is 438. The Morgan fingerprint density at radius 3 is 2.88 bits per heavy atom. The fraction of sp³-hybridized carbons (Fsp3) is 0.444. The van der Waals surface area contributed by atoms with E-state index in [4.69, 9.17) is 18.0 Å². The summed E-state index contributed by atoms with van der Waals surface area (Å²) in [5.41, 5.74) is 5.34. The maximum atomic E-state index is 11.7. The van der Waals surface area contributed by atoms with Gasteiger partial charge in [0.05, 0.1) is 4.99 Å². The minimum Gasteiger partial charge on any atom is -0.393 e. The molecule has 0 bridgehead atoms.